The molecule has 0 amide bonds. The summed E-state index contributed by atoms with van der Waals surface area (Å²) < 4.78 is 12.2. The van der Waals surface area contributed by atoms with E-state index in [2.05, 4.69) is 25.2 Å². The highest BCUT2D eigenvalue weighted by Crippen LogP contribution is 2.36. The normalized spacial score (nSPS) is 20.2. The standard InChI is InChI=1S/C19H25ClN6O2S/c1-29(28)15-11-21-16(24-17(15)25-19(12-27)5-2-6-19)13-3-7-26(8-4-13)18-22-9-14(20)10-23-18/h9-11,13,27H,2-8,12H2,1H3,(H,21,24,25). The predicted molar refractivity (Wildman–Crippen MR) is 113 cm³/mol. The van der Waals surface area contributed by atoms with Crippen molar-refractivity contribution in [1.29, 1.82) is 0 Å². The second-order valence-electron chi connectivity index (χ2n) is 7.77. The Morgan fingerprint density at radius 1 is 1.24 bits per heavy atom. The molecular weight excluding hydrogens is 412 g/mol. The van der Waals surface area contributed by atoms with Gasteiger partial charge in [-0.05, 0) is 32.1 Å². The molecule has 10 heteroatoms. The Labute approximate surface area is 177 Å². The van der Waals surface area contributed by atoms with Crippen LogP contribution in [0.1, 0.15) is 43.8 Å². The van der Waals surface area contributed by atoms with Crippen LogP contribution in [0.5, 0.6) is 0 Å². The van der Waals surface area contributed by atoms with Gasteiger partial charge in [0, 0.05) is 31.5 Å². The van der Waals surface area contributed by atoms with E-state index in [1.54, 1.807) is 24.8 Å². The number of halogens is 1. The summed E-state index contributed by atoms with van der Waals surface area (Å²) in [5.41, 5.74) is -0.352. The molecule has 0 spiro atoms. The van der Waals surface area contributed by atoms with Gasteiger partial charge in [0.05, 0.1) is 45.3 Å². The Bertz CT molecular complexity index is 879. The maximum absolute atomic E-state index is 12.2. The second kappa shape index (κ2) is 8.49. The van der Waals surface area contributed by atoms with E-state index in [1.165, 1.54) is 0 Å². The number of aliphatic hydroxyl groups excluding tert-OH is 1. The molecule has 1 unspecified atom stereocenters. The summed E-state index contributed by atoms with van der Waals surface area (Å²) in [6, 6.07) is 0. The quantitative estimate of drug-likeness (QED) is 0.711. The van der Waals surface area contributed by atoms with Crippen LogP contribution in [-0.4, -0.2) is 60.7 Å². The first kappa shape index (κ1) is 20.4. The first-order valence-corrected chi connectivity index (χ1v) is 11.8. The molecule has 2 N–H and O–H groups in total. The molecule has 2 aromatic heterocycles. The third kappa shape index (κ3) is 4.36. The third-order valence-electron chi connectivity index (χ3n) is 5.83. The van der Waals surface area contributed by atoms with Crippen LogP contribution in [0.3, 0.4) is 0 Å². The van der Waals surface area contributed by atoms with E-state index >= 15 is 0 Å². The van der Waals surface area contributed by atoms with E-state index in [1.807, 2.05) is 0 Å². The largest absolute Gasteiger partial charge is 0.394 e. The number of hydrogen-bond donors (Lipinski definition) is 2. The number of rotatable bonds is 6. The van der Waals surface area contributed by atoms with Gasteiger partial charge in [0.25, 0.3) is 0 Å². The minimum absolute atomic E-state index is 0.0433. The van der Waals surface area contributed by atoms with Crippen LogP contribution in [0.15, 0.2) is 23.5 Å². The van der Waals surface area contributed by atoms with Crippen LogP contribution in [0, 0.1) is 0 Å². The average molecular weight is 437 g/mol. The Morgan fingerprint density at radius 2 is 1.93 bits per heavy atom. The van der Waals surface area contributed by atoms with Crippen molar-refractivity contribution in [3.8, 4) is 0 Å². The molecule has 0 radical (unpaired) electrons. The highest BCUT2D eigenvalue weighted by atomic mass is 35.5. The Morgan fingerprint density at radius 3 is 2.48 bits per heavy atom. The average Bonchev–Trinajstić information content (AvgIpc) is 2.71. The van der Waals surface area contributed by atoms with Crippen LogP contribution >= 0.6 is 11.6 Å². The molecule has 0 aromatic carbocycles. The Balaban J connectivity index is 1.49. The number of aromatic nitrogens is 4. The first-order chi connectivity index (χ1) is 14.0. The second-order valence-corrected chi connectivity index (χ2v) is 9.56. The van der Waals surface area contributed by atoms with Crippen molar-refractivity contribution in [2.24, 2.45) is 0 Å². The van der Waals surface area contributed by atoms with E-state index < -0.39 is 10.8 Å². The molecule has 3 heterocycles. The van der Waals surface area contributed by atoms with Crippen molar-refractivity contribution >= 4 is 34.2 Å². The van der Waals surface area contributed by atoms with Crippen molar-refractivity contribution in [3.63, 3.8) is 0 Å². The molecule has 1 aliphatic carbocycles. The monoisotopic (exact) mass is 436 g/mol. The molecular formula is C19H25ClN6O2S. The molecule has 4 rings (SSSR count). The number of hydrogen-bond acceptors (Lipinski definition) is 8. The molecule has 29 heavy (non-hydrogen) atoms. The van der Waals surface area contributed by atoms with Crippen molar-refractivity contribution < 1.29 is 9.32 Å². The molecule has 1 aliphatic heterocycles. The van der Waals surface area contributed by atoms with Gasteiger partial charge in [-0.2, -0.15) is 0 Å². The lowest BCUT2D eigenvalue weighted by Crippen LogP contribution is -2.48. The van der Waals surface area contributed by atoms with E-state index in [-0.39, 0.29) is 18.1 Å². The fraction of sp³-hybridized carbons (Fsp3) is 0.579. The SMILES string of the molecule is CS(=O)c1cnc(C2CCN(c3ncc(Cl)cn3)CC2)nc1NC1(CO)CCC1. The van der Waals surface area contributed by atoms with Gasteiger partial charge in [0.15, 0.2) is 0 Å². The molecule has 1 saturated heterocycles. The third-order valence-corrected chi connectivity index (χ3v) is 6.94. The summed E-state index contributed by atoms with van der Waals surface area (Å²) in [6.45, 7) is 1.66. The highest BCUT2D eigenvalue weighted by molar-refractivity contribution is 7.84. The van der Waals surface area contributed by atoms with E-state index in [9.17, 15) is 9.32 Å². The number of nitrogens with zero attached hydrogens (tertiary/aromatic N) is 5. The fourth-order valence-electron chi connectivity index (χ4n) is 3.86. The summed E-state index contributed by atoms with van der Waals surface area (Å²) in [4.78, 5) is 20.6. The van der Waals surface area contributed by atoms with Gasteiger partial charge in [0.2, 0.25) is 5.95 Å². The van der Waals surface area contributed by atoms with Gasteiger partial charge < -0.3 is 15.3 Å². The number of aliphatic hydroxyl groups is 1. The van der Waals surface area contributed by atoms with Gasteiger partial charge in [-0.15, -0.1) is 0 Å². The Kier molecular flexibility index (Phi) is 5.98. The maximum atomic E-state index is 12.2. The maximum Gasteiger partial charge on any atom is 0.225 e. The zero-order chi connectivity index (χ0) is 20.4. The highest BCUT2D eigenvalue weighted by Gasteiger charge is 2.37. The van der Waals surface area contributed by atoms with Crippen molar-refractivity contribution in [1.82, 2.24) is 19.9 Å². The topological polar surface area (TPSA) is 104 Å². The number of anilines is 2. The van der Waals surface area contributed by atoms with Crippen LogP contribution in [0.25, 0.3) is 0 Å². The van der Waals surface area contributed by atoms with Gasteiger partial charge >= 0.3 is 0 Å². The van der Waals surface area contributed by atoms with E-state index in [0.717, 1.165) is 51.0 Å². The molecule has 2 aliphatic rings. The Hall–Kier alpha value is -1.84. The minimum Gasteiger partial charge on any atom is -0.394 e. The van der Waals surface area contributed by atoms with Crippen LogP contribution in [-0.2, 0) is 10.8 Å². The van der Waals surface area contributed by atoms with Gasteiger partial charge in [0.1, 0.15) is 11.6 Å². The van der Waals surface area contributed by atoms with Gasteiger partial charge in [-0.3, -0.25) is 4.21 Å². The molecule has 8 nitrogen and oxygen atoms in total. The molecule has 2 aromatic rings. The zero-order valence-electron chi connectivity index (χ0n) is 16.3. The van der Waals surface area contributed by atoms with E-state index in [4.69, 9.17) is 16.6 Å². The van der Waals surface area contributed by atoms with Crippen LogP contribution in [0.4, 0.5) is 11.8 Å². The number of piperidine rings is 1. The predicted octanol–water partition coefficient (Wildman–Crippen LogP) is 2.37. The van der Waals surface area contributed by atoms with Crippen molar-refractivity contribution in [2.75, 3.05) is 36.2 Å². The van der Waals surface area contributed by atoms with E-state index in [0.29, 0.717) is 21.7 Å². The minimum atomic E-state index is -1.21. The molecule has 156 valence electrons. The lowest BCUT2D eigenvalue weighted by atomic mass is 9.77. The summed E-state index contributed by atoms with van der Waals surface area (Å²) in [5, 5.41) is 13.7. The molecule has 1 saturated carbocycles. The molecule has 1 atom stereocenters. The molecule has 0 bridgehead atoms. The lowest BCUT2D eigenvalue weighted by Gasteiger charge is -2.41. The van der Waals surface area contributed by atoms with Crippen LogP contribution < -0.4 is 10.2 Å². The summed E-state index contributed by atoms with van der Waals surface area (Å²) in [7, 11) is -1.21. The smallest absolute Gasteiger partial charge is 0.225 e. The lowest BCUT2D eigenvalue weighted by molar-refractivity contribution is 0.143. The van der Waals surface area contributed by atoms with Crippen molar-refractivity contribution in [2.45, 2.75) is 48.5 Å². The van der Waals surface area contributed by atoms with Crippen molar-refractivity contribution in [3.05, 3.63) is 29.4 Å². The van der Waals surface area contributed by atoms with Gasteiger partial charge in [-0.1, -0.05) is 11.6 Å². The first-order valence-electron chi connectivity index (χ1n) is 9.81. The van der Waals surface area contributed by atoms with Crippen LogP contribution in [0.2, 0.25) is 5.02 Å². The zero-order valence-corrected chi connectivity index (χ0v) is 17.9. The van der Waals surface area contributed by atoms with Gasteiger partial charge in [-0.25, -0.2) is 19.9 Å². The molecule has 2 fully saturated rings. The number of nitrogens with one attached hydrogen (secondary N) is 1. The summed E-state index contributed by atoms with van der Waals surface area (Å²) in [5.74, 6) is 2.24. The summed E-state index contributed by atoms with van der Waals surface area (Å²) in [6.07, 6.45) is 11.1. The fourth-order valence-corrected chi connectivity index (χ4v) is 4.53. The summed E-state index contributed by atoms with van der Waals surface area (Å²) >= 11 is 5.87.